The Kier molecular flexibility index (Phi) is 4.02. The largest absolute Gasteiger partial charge is 0.381 e. The number of halogens is 1. The van der Waals surface area contributed by atoms with E-state index in [2.05, 4.69) is 74.1 Å². The molecule has 1 aromatic rings. The molecule has 0 saturated heterocycles. The number of benzene rings is 1. The van der Waals surface area contributed by atoms with Crippen molar-refractivity contribution in [2.45, 2.75) is 59.9 Å². The Morgan fingerprint density at radius 2 is 1.68 bits per heavy atom. The smallest absolute Gasteiger partial charge is 0.0489 e. The van der Waals surface area contributed by atoms with Crippen LogP contribution in [0.15, 0.2) is 22.7 Å². The van der Waals surface area contributed by atoms with E-state index in [9.17, 15) is 0 Å². The van der Waals surface area contributed by atoms with Crippen molar-refractivity contribution in [3.8, 4) is 0 Å². The van der Waals surface area contributed by atoms with E-state index in [1.54, 1.807) is 0 Å². The van der Waals surface area contributed by atoms with Crippen LogP contribution in [-0.4, -0.2) is 6.04 Å². The summed E-state index contributed by atoms with van der Waals surface area (Å²) >= 11 is 3.65. The molecular formula is C17H26BrN. The van der Waals surface area contributed by atoms with Crippen LogP contribution in [0.4, 0.5) is 5.69 Å². The summed E-state index contributed by atoms with van der Waals surface area (Å²) in [6.45, 7) is 11.7. The summed E-state index contributed by atoms with van der Waals surface area (Å²) in [7, 11) is 0. The van der Waals surface area contributed by atoms with Crippen LogP contribution in [0.3, 0.4) is 0 Å². The van der Waals surface area contributed by atoms with Crippen molar-refractivity contribution in [1.82, 2.24) is 0 Å². The van der Waals surface area contributed by atoms with Gasteiger partial charge in [0.05, 0.1) is 0 Å². The third-order valence-corrected chi connectivity index (χ3v) is 4.73. The van der Waals surface area contributed by atoms with Gasteiger partial charge in [0.2, 0.25) is 0 Å². The van der Waals surface area contributed by atoms with E-state index in [0.29, 0.717) is 16.9 Å². The zero-order valence-electron chi connectivity index (χ0n) is 12.8. The Hall–Kier alpha value is -0.500. The second-order valence-corrected chi connectivity index (χ2v) is 8.59. The lowest BCUT2D eigenvalue weighted by Gasteiger charge is -2.45. The lowest BCUT2D eigenvalue weighted by Crippen LogP contribution is -2.40. The first-order valence-electron chi connectivity index (χ1n) is 7.20. The average molecular weight is 324 g/mol. The molecule has 0 aromatic heterocycles. The maximum Gasteiger partial charge on any atom is 0.0489 e. The van der Waals surface area contributed by atoms with Gasteiger partial charge in [-0.3, -0.25) is 0 Å². The first-order chi connectivity index (χ1) is 8.67. The van der Waals surface area contributed by atoms with Crippen LogP contribution in [0.5, 0.6) is 0 Å². The molecule has 1 nitrogen and oxygen atoms in total. The molecule has 0 spiro atoms. The fourth-order valence-electron chi connectivity index (χ4n) is 3.92. The van der Waals surface area contributed by atoms with E-state index in [1.807, 2.05) is 0 Å². The summed E-state index contributed by atoms with van der Waals surface area (Å²) in [5, 5.41) is 3.75. The summed E-state index contributed by atoms with van der Waals surface area (Å²) in [4.78, 5) is 0. The van der Waals surface area contributed by atoms with Crippen LogP contribution in [0.2, 0.25) is 0 Å². The van der Waals surface area contributed by atoms with Gasteiger partial charge in [-0.15, -0.1) is 0 Å². The van der Waals surface area contributed by atoms with E-state index in [1.165, 1.54) is 35.0 Å². The molecule has 106 valence electrons. The summed E-state index contributed by atoms with van der Waals surface area (Å²) in [5.41, 5.74) is 3.39. The minimum atomic E-state index is 0.426. The number of nitrogens with one attached hydrogen (secondary N) is 1. The van der Waals surface area contributed by atoms with Crippen LogP contribution in [0, 0.1) is 17.8 Å². The molecule has 1 saturated carbocycles. The first-order valence-corrected chi connectivity index (χ1v) is 7.99. The third-order valence-electron chi connectivity index (χ3n) is 4.04. The number of anilines is 1. The highest BCUT2D eigenvalue weighted by Crippen LogP contribution is 2.46. The van der Waals surface area contributed by atoms with E-state index in [4.69, 9.17) is 0 Å². The Bertz CT molecular complexity index is 446. The highest BCUT2D eigenvalue weighted by Gasteiger charge is 2.38. The highest BCUT2D eigenvalue weighted by molar-refractivity contribution is 9.10. The second-order valence-electron chi connectivity index (χ2n) is 7.74. The monoisotopic (exact) mass is 323 g/mol. The Labute approximate surface area is 126 Å². The number of hydrogen-bond donors (Lipinski definition) is 1. The summed E-state index contributed by atoms with van der Waals surface area (Å²) in [6, 6.07) is 7.08. The number of rotatable bonds is 2. The van der Waals surface area contributed by atoms with Gasteiger partial charge in [0.1, 0.15) is 0 Å². The quantitative estimate of drug-likeness (QED) is 0.728. The van der Waals surface area contributed by atoms with Gasteiger partial charge in [-0.2, -0.15) is 0 Å². The molecule has 0 unspecified atom stereocenters. The van der Waals surface area contributed by atoms with Crippen molar-refractivity contribution in [2.75, 3.05) is 5.32 Å². The predicted octanol–water partition coefficient (Wildman–Crippen LogP) is 5.77. The molecule has 1 fully saturated rings. The molecule has 0 aliphatic heterocycles. The minimum absolute atomic E-state index is 0.426. The molecule has 0 heterocycles. The van der Waals surface area contributed by atoms with Crippen molar-refractivity contribution >= 4 is 21.6 Å². The van der Waals surface area contributed by atoms with E-state index in [0.717, 1.165) is 0 Å². The third kappa shape index (κ3) is 3.98. The van der Waals surface area contributed by atoms with Crippen molar-refractivity contribution < 1.29 is 0 Å². The predicted molar refractivity (Wildman–Crippen MR) is 87.7 cm³/mol. The van der Waals surface area contributed by atoms with Gasteiger partial charge in [-0.05, 0) is 70.6 Å². The normalized spacial score (nSPS) is 22.2. The topological polar surface area (TPSA) is 12.0 Å². The Balaban J connectivity index is 2.16. The maximum atomic E-state index is 3.75. The van der Waals surface area contributed by atoms with Crippen molar-refractivity contribution in [1.29, 1.82) is 0 Å². The van der Waals surface area contributed by atoms with Gasteiger partial charge < -0.3 is 5.32 Å². The molecule has 2 heteroatoms. The van der Waals surface area contributed by atoms with E-state index >= 15 is 0 Å². The van der Waals surface area contributed by atoms with Crippen molar-refractivity contribution in [3.63, 3.8) is 0 Å². The molecule has 0 bridgehead atoms. The van der Waals surface area contributed by atoms with Gasteiger partial charge in [-0.1, -0.05) is 33.8 Å². The van der Waals surface area contributed by atoms with Gasteiger partial charge >= 0.3 is 0 Å². The molecule has 19 heavy (non-hydrogen) atoms. The van der Waals surface area contributed by atoms with Gasteiger partial charge in [0.15, 0.2) is 0 Å². The summed E-state index contributed by atoms with van der Waals surface area (Å²) < 4.78 is 1.17. The molecule has 2 rings (SSSR count). The average Bonchev–Trinajstić information content (AvgIpc) is 2.18. The van der Waals surface area contributed by atoms with Crippen molar-refractivity contribution in [2.24, 2.45) is 10.8 Å². The SMILES string of the molecule is Cc1ccc(Br)c(NC2CC(C)(C)CC(C)(C)C2)c1. The van der Waals surface area contributed by atoms with Gasteiger partial charge in [0.25, 0.3) is 0 Å². The molecule has 1 aliphatic rings. The molecule has 0 atom stereocenters. The molecule has 1 N–H and O–H groups in total. The lowest BCUT2D eigenvalue weighted by atomic mass is 9.63. The summed E-state index contributed by atoms with van der Waals surface area (Å²) in [5.74, 6) is 0. The van der Waals surface area contributed by atoms with Crippen LogP contribution < -0.4 is 5.32 Å². The van der Waals surface area contributed by atoms with Crippen LogP contribution in [0.25, 0.3) is 0 Å². The Morgan fingerprint density at radius 3 is 2.26 bits per heavy atom. The number of hydrogen-bond acceptors (Lipinski definition) is 1. The summed E-state index contributed by atoms with van der Waals surface area (Å²) in [6.07, 6.45) is 3.81. The molecule has 1 aromatic carbocycles. The number of aryl methyl sites for hydroxylation is 1. The lowest BCUT2D eigenvalue weighted by molar-refractivity contribution is 0.105. The molecule has 0 amide bonds. The molecule has 1 aliphatic carbocycles. The van der Waals surface area contributed by atoms with Gasteiger partial charge in [-0.25, -0.2) is 0 Å². The highest BCUT2D eigenvalue weighted by atomic mass is 79.9. The zero-order chi connectivity index (χ0) is 14.3. The van der Waals surface area contributed by atoms with Crippen LogP contribution in [-0.2, 0) is 0 Å². The zero-order valence-corrected chi connectivity index (χ0v) is 14.4. The first kappa shape index (κ1) is 14.9. The van der Waals surface area contributed by atoms with E-state index < -0.39 is 0 Å². The fraction of sp³-hybridized carbons (Fsp3) is 0.647. The van der Waals surface area contributed by atoms with E-state index in [-0.39, 0.29) is 0 Å². The Morgan fingerprint density at radius 1 is 1.11 bits per heavy atom. The molecular weight excluding hydrogens is 298 g/mol. The van der Waals surface area contributed by atoms with Crippen molar-refractivity contribution in [3.05, 3.63) is 28.2 Å². The molecule has 0 radical (unpaired) electrons. The fourth-order valence-corrected chi connectivity index (χ4v) is 4.28. The van der Waals surface area contributed by atoms with Gasteiger partial charge in [0, 0.05) is 16.2 Å². The van der Waals surface area contributed by atoms with Crippen LogP contribution in [0.1, 0.15) is 52.5 Å². The standard InChI is InChI=1S/C17H26BrN/c1-12-6-7-14(18)15(8-12)19-13-9-16(2,3)11-17(4,5)10-13/h6-8,13,19H,9-11H2,1-5H3. The minimum Gasteiger partial charge on any atom is -0.381 e. The maximum absolute atomic E-state index is 3.75. The van der Waals surface area contributed by atoms with Crippen LogP contribution >= 0.6 is 15.9 Å². The second kappa shape index (κ2) is 5.12.